The van der Waals surface area contributed by atoms with Crippen molar-refractivity contribution in [1.82, 2.24) is 4.90 Å². The molecule has 1 N–H and O–H groups in total. The van der Waals surface area contributed by atoms with Gasteiger partial charge in [-0.1, -0.05) is 31.2 Å². The van der Waals surface area contributed by atoms with Gasteiger partial charge in [-0.2, -0.15) is 0 Å². The highest BCUT2D eigenvalue weighted by Crippen LogP contribution is 2.28. The summed E-state index contributed by atoms with van der Waals surface area (Å²) in [5, 5.41) is 8.81. The van der Waals surface area contributed by atoms with Gasteiger partial charge in [-0.3, -0.25) is 4.79 Å². The number of carboxylic acids is 1. The molecule has 0 bridgehead atoms. The fourth-order valence-corrected chi connectivity index (χ4v) is 2.41. The van der Waals surface area contributed by atoms with E-state index in [-0.39, 0.29) is 12.3 Å². The molecular weight excluding hydrogens is 214 g/mol. The Bertz CT molecular complexity index is 410. The van der Waals surface area contributed by atoms with Gasteiger partial charge in [0.25, 0.3) is 0 Å². The highest BCUT2D eigenvalue weighted by molar-refractivity contribution is 5.68. The Morgan fingerprint density at radius 1 is 1.53 bits per heavy atom. The average molecular weight is 233 g/mol. The first kappa shape index (κ1) is 12.1. The Balaban J connectivity index is 2.08. The van der Waals surface area contributed by atoms with Crippen molar-refractivity contribution in [3.05, 3.63) is 35.4 Å². The van der Waals surface area contributed by atoms with Crippen molar-refractivity contribution in [2.75, 3.05) is 20.1 Å². The summed E-state index contributed by atoms with van der Waals surface area (Å²) in [5.41, 5.74) is 2.48. The van der Waals surface area contributed by atoms with Gasteiger partial charge in [-0.05, 0) is 24.1 Å². The van der Waals surface area contributed by atoms with Crippen molar-refractivity contribution < 1.29 is 9.90 Å². The largest absolute Gasteiger partial charge is 0.481 e. The van der Waals surface area contributed by atoms with Crippen LogP contribution in [0.1, 0.15) is 36.3 Å². The summed E-state index contributed by atoms with van der Waals surface area (Å²) in [6.45, 7) is 4.19. The number of nitrogens with zero attached hydrogens (tertiary/aromatic N) is 1. The number of carbonyl (C=O) groups is 1. The van der Waals surface area contributed by atoms with Gasteiger partial charge in [0, 0.05) is 19.0 Å². The standard InChI is InChI=1S/C14H19NO2/c1-10(6-14(16)17)11-4-3-5-12(7-11)13-8-15(2)9-13/h3-5,7,10,13H,6,8-9H2,1-2H3,(H,16,17). The minimum absolute atomic E-state index is 0.0882. The van der Waals surface area contributed by atoms with Gasteiger partial charge in [-0.15, -0.1) is 0 Å². The van der Waals surface area contributed by atoms with Crippen LogP contribution in [0.25, 0.3) is 0 Å². The van der Waals surface area contributed by atoms with E-state index in [9.17, 15) is 4.79 Å². The molecule has 3 heteroatoms. The average Bonchev–Trinajstić information content (AvgIpc) is 2.24. The molecule has 1 aliphatic rings. The van der Waals surface area contributed by atoms with E-state index in [2.05, 4.69) is 24.1 Å². The predicted molar refractivity (Wildman–Crippen MR) is 67.3 cm³/mol. The van der Waals surface area contributed by atoms with Crippen LogP contribution in [0.2, 0.25) is 0 Å². The van der Waals surface area contributed by atoms with Gasteiger partial charge in [0.05, 0.1) is 6.42 Å². The number of hydrogen-bond donors (Lipinski definition) is 1. The van der Waals surface area contributed by atoms with Crippen molar-refractivity contribution in [1.29, 1.82) is 0 Å². The molecular formula is C14H19NO2. The maximum atomic E-state index is 10.7. The maximum Gasteiger partial charge on any atom is 0.303 e. The normalized spacial score (nSPS) is 18.7. The monoisotopic (exact) mass is 233 g/mol. The van der Waals surface area contributed by atoms with E-state index in [1.165, 1.54) is 5.56 Å². The third-order valence-electron chi connectivity index (χ3n) is 3.50. The molecule has 0 radical (unpaired) electrons. The number of hydrogen-bond acceptors (Lipinski definition) is 2. The molecule has 1 aromatic carbocycles. The van der Waals surface area contributed by atoms with Gasteiger partial charge in [0.1, 0.15) is 0 Å². The molecule has 1 saturated heterocycles. The Hall–Kier alpha value is -1.35. The molecule has 1 unspecified atom stereocenters. The lowest BCUT2D eigenvalue weighted by Gasteiger charge is -2.36. The second kappa shape index (κ2) is 4.88. The minimum atomic E-state index is -0.730. The van der Waals surface area contributed by atoms with Crippen LogP contribution in [0.3, 0.4) is 0 Å². The smallest absolute Gasteiger partial charge is 0.303 e. The molecule has 1 aromatic rings. The van der Waals surface area contributed by atoms with Gasteiger partial charge < -0.3 is 10.0 Å². The van der Waals surface area contributed by atoms with Crippen molar-refractivity contribution in [3.8, 4) is 0 Å². The second-order valence-electron chi connectivity index (χ2n) is 5.09. The summed E-state index contributed by atoms with van der Waals surface area (Å²) >= 11 is 0. The summed E-state index contributed by atoms with van der Waals surface area (Å²) in [6, 6.07) is 8.39. The minimum Gasteiger partial charge on any atom is -0.481 e. The summed E-state index contributed by atoms with van der Waals surface area (Å²) in [7, 11) is 2.12. The molecule has 1 aliphatic heterocycles. The quantitative estimate of drug-likeness (QED) is 0.867. The molecule has 1 heterocycles. The van der Waals surface area contributed by atoms with Gasteiger partial charge in [0.15, 0.2) is 0 Å². The van der Waals surface area contributed by atoms with Crippen molar-refractivity contribution in [2.45, 2.75) is 25.2 Å². The number of aliphatic carboxylic acids is 1. The van der Waals surface area contributed by atoms with E-state index in [4.69, 9.17) is 5.11 Å². The molecule has 0 aliphatic carbocycles. The van der Waals surface area contributed by atoms with Gasteiger partial charge >= 0.3 is 5.97 Å². The van der Waals surface area contributed by atoms with Crippen LogP contribution in [0.5, 0.6) is 0 Å². The maximum absolute atomic E-state index is 10.7. The second-order valence-corrected chi connectivity index (χ2v) is 5.09. The lowest BCUT2D eigenvalue weighted by molar-refractivity contribution is -0.137. The molecule has 0 aromatic heterocycles. The number of benzene rings is 1. The van der Waals surface area contributed by atoms with E-state index < -0.39 is 5.97 Å². The number of carboxylic acid groups (broad SMARTS) is 1. The lowest BCUT2D eigenvalue weighted by Crippen LogP contribution is -2.41. The van der Waals surface area contributed by atoms with Crippen LogP contribution >= 0.6 is 0 Å². The Kier molecular flexibility index (Phi) is 3.48. The number of rotatable bonds is 4. The Morgan fingerprint density at radius 2 is 2.24 bits per heavy atom. The lowest BCUT2D eigenvalue weighted by atomic mass is 9.88. The van der Waals surface area contributed by atoms with Crippen molar-refractivity contribution in [2.24, 2.45) is 0 Å². The van der Waals surface area contributed by atoms with E-state index >= 15 is 0 Å². The molecule has 1 atom stereocenters. The molecule has 17 heavy (non-hydrogen) atoms. The van der Waals surface area contributed by atoms with Gasteiger partial charge in [-0.25, -0.2) is 0 Å². The van der Waals surface area contributed by atoms with E-state index in [0.717, 1.165) is 18.7 Å². The highest BCUT2D eigenvalue weighted by Gasteiger charge is 2.25. The zero-order valence-electron chi connectivity index (χ0n) is 10.4. The zero-order chi connectivity index (χ0) is 12.4. The predicted octanol–water partition coefficient (Wildman–Crippen LogP) is 2.29. The number of likely N-dealkylation sites (N-methyl/N-ethyl adjacent to an activating group) is 1. The van der Waals surface area contributed by atoms with E-state index in [0.29, 0.717) is 5.92 Å². The molecule has 0 saturated carbocycles. The molecule has 1 fully saturated rings. The molecule has 0 amide bonds. The topological polar surface area (TPSA) is 40.5 Å². The molecule has 2 rings (SSSR count). The van der Waals surface area contributed by atoms with Crippen LogP contribution in [0.4, 0.5) is 0 Å². The van der Waals surface area contributed by atoms with Crippen LogP contribution in [-0.2, 0) is 4.79 Å². The first-order valence-corrected chi connectivity index (χ1v) is 6.06. The fourth-order valence-electron chi connectivity index (χ4n) is 2.41. The Labute approximate surface area is 102 Å². The fraction of sp³-hybridized carbons (Fsp3) is 0.500. The summed E-state index contributed by atoms with van der Waals surface area (Å²) in [5.74, 6) is -0.0199. The molecule has 0 spiro atoms. The molecule has 3 nitrogen and oxygen atoms in total. The molecule has 92 valence electrons. The Morgan fingerprint density at radius 3 is 2.82 bits per heavy atom. The highest BCUT2D eigenvalue weighted by atomic mass is 16.4. The van der Waals surface area contributed by atoms with Crippen LogP contribution in [0, 0.1) is 0 Å². The first-order chi connectivity index (χ1) is 8.06. The first-order valence-electron chi connectivity index (χ1n) is 6.06. The summed E-state index contributed by atoms with van der Waals surface area (Å²) < 4.78 is 0. The SMILES string of the molecule is CC(CC(=O)O)c1cccc(C2CN(C)C2)c1. The van der Waals surface area contributed by atoms with Crippen molar-refractivity contribution >= 4 is 5.97 Å². The summed E-state index contributed by atoms with van der Waals surface area (Å²) in [4.78, 5) is 13.0. The van der Waals surface area contributed by atoms with Crippen LogP contribution < -0.4 is 0 Å². The third kappa shape index (κ3) is 2.86. The van der Waals surface area contributed by atoms with Gasteiger partial charge in [0.2, 0.25) is 0 Å². The number of likely N-dealkylation sites (tertiary alicyclic amines) is 1. The van der Waals surface area contributed by atoms with Crippen LogP contribution in [0.15, 0.2) is 24.3 Å². The van der Waals surface area contributed by atoms with E-state index in [1.807, 2.05) is 19.1 Å². The third-order valence-corrected chi connectivity index (χ3v) is 3.50. The van der Waals surface area contributed by atoms with Crippen molar-refractivity contribution in [3.63, 3.8) is 0 Å². The zero-order valence-corrected chi connectivity index (χ0v) is 10.4. The van der Waals surface area contributed by atoms with E-state index in [1.54, 1.807) is 0 Å². The summed E-state index contributed by atoms with van der Waals surface area (Å²) in [6.07, 6.45) is 0.202. The van der Waals surface area contributed by atoms with Crippen LogP contribution in [-0.4, -0.2) is 36.1 Å².